The molecule has 3 heteroatoms. The summed E-state index contributed by atoms with van der Waals surface area (Å²) in [5, 5.41) is 3.45. The molecule has 0 amide bonds. The molecule has 2 aromatic heterocycles. The minimum absolute atomic E-state index is 1.23. The Balaban J connectivity index is 2.11. The van der Waals surface area contributed by atoms with Gasteiger partial charge < -0.3 is 4.57 Å². The Morgan fingerprint density at radius 2 is 2.12 bits per heavy atom. The normalized spacial score (nSPS) is 11.1. The largest absolute Gasteiger partial charge is 0.322 e. The summed E-state index contributed by atoms with van der Waals surface area (Å²) in [6.07, 6.45) is 6.48. The third-order valence-corrected chi connectivity index (χ3v) is 4.21. The molecule has 2 heterocycles. The van der Waals surface area contributed by atoms with Crippen molar-refractivity contribution in [2.24, 2.45) is 0 Å². The summed E-state index contributed by atoms with van der Waals surface area (Å²) in [7, 11) is 0. The summed E-state index contributed by atoms with van der Waals surface area (Å²) in [6.45, 7) is 0. The Labute approximate surface area is 103 Å². The second-order valence-electron chi connectivity index (χ2n) is 3.61. The Bertz CT molecular complexity index is 593. The Hall–Kier alpha value is -1.19. The molecule has 3 rings (SSSR count). The van der Waals surface area contributed by atoms with Gasteiger partial charge in [0.2, 0.25) is 0 Å². The zero-order valence-electron chi connectivity index (χ0n) is 8.88. The van der Waals surface area contributed by atoms with Crippen LogP contribution in [0.2, 0.25) is 0 Å². The highest BCUT2D eigenvalue weighted by molar-refractivity contribution is 7.98. The molecular weight excluding hydrogens is 234 g/mol. The van der Waals surface area contributed by atoms with Crippen molar-refractivity contribution in [1.29, 1.82) is 0 Å². The fraction of sp³-hybridized carbons (Fsp3) is 0.0769. The van der Waals surface area contributed by atoms with E-state index in [-0.39, 0.29) is 0 Å². The topological polar surface area (TPSA) is 4.93 Å². The lowest BCUT2D eigenvalue weighted by atomic mass is 10.3. The van der Waals surface area contributed by atoms with Crippen molar-refractivity contribution in [3.63, 3.8) is 0 Å². The van der Waals surface area contributed by atoms with E-state index < -0.39 is 0 Å². The standard InChI is InChI=1S/C13H11NS2/c1-15-12-4-2-3-11(7-12)14-8-10-5-6-16-13(10)9-14/h2-9H,1H3. The Morgan fingerprint density at radius 3 is 2.94 bits per heavy atom. The first-order valence-corrected chi connectivity index (χ1v) is 7.17. The minimum atomic E-state index is 1.23. The molecule has 0 fully saturated rings. The third-order valence-electron chi connectivity index (χ3n) is 2.61. The maximum atomic E-state index is 2.22. The number of aromatic nitrogens is 1. The molecule has 0 saturated carbocycles. The summed E-state index contributed by atoms with van der Waals surface area (Å²) in [5.74, 6) is 0. The molecular formula is C13H11NS2. The summed E-state index contributed by atoms with van der Waals surface area (Å²) in [6, 6.07) is 10.8. The zero-order valence-corrected chi connectivity index (χ0v) is 10.5. The van der Waals surface area contributed by atoms with Gasteiger partial charge in [0.25, 0.3) is 0 Å². The smallest absolute Gasteiger partial charge is 0.0523 e. The van der Waals surface area contributed by atoms with Crippen LogP contribution in [-0.2, 0) is 0 Å². The van der Waals surface area contributed by atoms with Gasteiger partial charge >= 0.3 is 0 Å². The van der Waals surface area contributed by atoms with E-state index in [2.05, 4.69) is 58.9 Å². The quantitative estimate of drug-likeness (QED) is 0.605. The molecule has 0 radical (unpaired) electrons. The van der Waals surface area contributed by atoms with Crippen LogP contribution >= 0.6 is 23.1 Å². The predicted octanol–water partition coefficient (Wildman–Crippen LogP) is 4.41. The number of thiophene rings is 1. The van der Waals surface area contributed by atoms with Gasteiger partial charge in [-0.2, -0.15) is 0 Å². The molecule has 0 aliphatic heterocycles. The molecule has 0 N–H and O–H groups in total. The van der Waals surface area contributed by atoms with Gasteiger partial charge in [0.1, 0.15) is 0 Å². The number of fused-ring (bicyclic) bond motifs is 1. The van der Waals surface area contributed by atoms with Crippen molar-refractivity contribution in [3.8, 4) is 5.69 Å². The van der Waals surface area contributed by atoms with E-state index in [9.17, 15) is 0 Å². The van der Waals surface area contributed by atoms with Crippen LogP contribution in [0.5, 0.6) is 0 Å². The molecule has 1 nitrogen and oxygen atoms in total. The maximum absolute atomic E-state index is 2.22. The van der Waals surface area contributed by atoms with Gasteiger partial charge in [-0.3, -0.25) is 0 Å². The zero-order chi connectivity index (χ0) is 11.0. The third kappa shape index (κ3) is 1.66. The van der Waals surface area contributed by atoms with Gasteiger partial charge in [-0.15, -0.1) is 23.1 Å². The van der Waals surface area contributed by atoms with Crippen LogP contribution in [0.4, 0.5) is 0 Å². The molecule has 3 aromatic rings. The van der Waals surface area contributed by atoms with Crippen LogP contribution in [0.1, 0.15) is 0 Å². The highest BCUT2D eigenvalue weighted by Gasteiger charge is 2.02. The van der Waals surface area contributed by atoms with Crippen LogP contribution in [0, 0.1) is 0 Å². The number of rotatable bonds is 2. The molecule has 0 aliphatic carbocycles. The second kappa shape index (κ2) is 4.00. The van der Waals surface area contributed by atoms with Gasteiger partial charge in [-0.1, -0.05) is 6.07 Å². The fourth-order valence-corrected chi connectivity index (χ4v) is 3.02. The second-order valence-corrected chi connectivity index (χ2v) is 5.43. The first-order chi connectivity index (χ1) is 7.86. The number of hydrogen-bond acceptors (Lipinski definition) is 2. The minimum Gasteiger partial charge on any atom is -0.322 e. The van der Waals surface area contributed by atoms with Gasteiger partial charge in [0.15, 0.2) is 0 Å². The fourth-order valence-electron chi connectivity index (χ4n) is 1.78. The molecule has 80 valence electrons. The monoisotopic (exact) mass is 245 g/mol. The van der Waals surface area contributed by atoms with E-state index in [4.69, 9.17) is 0 Å². The molecule has 0 saturated heterocycles. The molecule has 1 aromatic carbocycles. The van der Waals surface area contributed by atoms with Gasteiger partial charge in [0.05, 0.1) is 4.70 Å². The molecule has 0 unspecified atom stereocenters. The molecule has 0 spiro atoms. The summed E-state index contributed by atoms with van der Waals surface area (Å²) >= 11 is 3.56. The van der Waals surface area contributed by atoms with E-state index in [0.29, 0.717) is 0 Å². The Morgan fingerprint density at radius 1 is 1.19 bits per heavy atom. The van der Waals surface area contributed by atoms with Crippen molar-refractivity contribution in [2.45, 2.75) is 4.90 Å². The molecule has 16 heavy (non-hydrogen) atoms. The SMILES string of the molecule is CSc1cccc(-n2cc3ccsc3c2)c1. The van der Waals surface area contributed by atoms with Gasteiger partial charge in [-0.25, -0.2) is 0 Å². The van der Waals surface area contributed by atoms with Crippen molar-refractivity contribution in [2.75, 3.05) is 6.26 Å². The van der Waals surface area contributed by atoms with E-state index >= 15 is 0 Å². The van der Waals surface area contributed by atoms with Crippen LogP contribution in [0.3, 0.4) is 0 Å². The average molecular weight is 245 g/mol. The van der Waals surface area contributed by atoms with E-state index in [1.54, 1.807) is 23.1 Å². The van der Waals surface area contributed by atoms with Crippen molar-refractivity contribution < 1.29 is 0 Å². The van der Waals surface area contributed by atoms with E-state index in [1.807, 2.05) is 0 Å². The van der Waals surface area contributed by atoms with Crippen molar-refractivity contribution in [3.05, 3.63) is 48.1 Å². The lowest BCUT2D eigenvalue weighted by Gasteiger charge is -2.04. The number of hydrogen-bond donors (Lipinski definition) is 0. The molecule has 0 bridgehead atoms. The van der Waals surface area contributed by atoms with Crippen LogP contribution in [0.15, 0.2) is 53.0 Å². The first kappa shape index (κ1) is 10.00. The highest BCUT2D eigenvalue weighted by atomic mass is 32.2. The molecule has 0 atom stereocenters. The predicted molar refractivity (Wildman–Crippen MR) is 72.9 cm³/mol. The number of thioether (sulfide) groups is 1. The number of benzene rings is 1. The van der Waals surface area contributed by atoms with Crippen molar-refractivity contribution in [1.82, 2.24) is 4.57 Å². The van der Waals surface area contributed by atoms with Crippen molar-refractivity contribution >= 4 is 33.2 Å². The molecule has 0 aliphatic rings. The Kier molecular flexibility index (Phi) is 2.50. The summed E-state index contributed by atoms with van der Waals surface area (Å²) < 4.78 is 3.54. The van der Waals surface area contributed by atoms with Crippen LogP contribution < -0.4 is 0 Å². The lowest BCUT2D eigenvalue weighted by molar-refractivity contribution is 1.08. The maximum Gasteiger partial charge on any atom is 0.0523 e. The van der Waals surface area contributed by atoms with Crippen LogP contribution in [-0.4, -0.2) is 10.8 Å². The summed E-state index contributed by atoms with van der Waals surface area (Å²) in [4.78, 5) is 1.30. The average Bonchev–Trinajstić information content (AvgIpc) is 2.89. The number of nitrogens with zero attached hydrogens (tertiary/aromatic N) is 1. The summed E-state index contributed by atoms with van der Waals surface area (Å²) in [5.41, 5.74) is 1.23. The van der Waals surface area contributed by atoms with Gasteiger partial charge in [0, 0.05) is 28.4 Å². The highest BCUT2D eigenvalue weighted by Crippen LogP contribution is 2.25. The van der Waals surface area contributed by atoms with Crippen LogP contribution in [0.25, 0.3) is 15.8 Å². The van der Waals surface area contributed by atoms with Gasteiger partial charge in [-0.05, 0) is 35.9 Å². The van der Waals surface area contributed by atoms with E-state index in [1.165, 1.54) is 20.7 Å². The lowest BCUT2D eigenvalue weighted by Crippen LogP contribution is -1.88. The van der Waals surface area contributed by atoms with E-state index in [0.717, 1.165) is 0 Å². The first-order valence-electron chi connectivity index (χ1n) is 5.06.